The fraction of sp³-hybridized carbons (Fsp3) is 0.600. The highest BCUT2D eigenvalue weighted by Gasteiger charge is 2.15. The molecule has 1 aromatic heterocycles. The van der Waals surface area contributed by atoms with E-state index in [4.69, 9.17) is 4.74 Å². The Morgan fingerprint density at radius 1 is 1.37 bits per heavy atom. The van der Waals surface area contributed by atoms with Gasteiger partial charge in [0.15, 0.2) is 0 Å². The first-order valence-electron chi connectivity index (χ1n) is 6.73. The van der Waals surface area contributed by atoms with Crippen molar-refractivity contribution in [1.82, 2.24) is 10.3 Å². The van der Waals surface area contributed by atoms with Gasteiger partial charge < -0.3 is 10.1 Å². The van der Waals surface area contributed by atoms with Gasteiger partial charge in [0, 0.05) is 17.9 Å². The van der Waals surface area contributed by atoms with Crippen LogP contribution in [0, 0.1) is 6.92 Å². The van der Waals surface area contributed by atoms with Crippen LogP contribution < -0.4 is 5.32 Å². The number of hydrogen-bond acceptors (Lipinski definition) is 3. The summed E-state index contributed by atoms with van der Waals surface area (Å²) >= 11 is 0. The van der Waals surface area contributed by atoms with Crippen LogP contribution in [0.25, 0.3) is 0 Å². The zero-order chi connectivity index (χ0) is 14.5. The number of nitrogens with one attached hydrogen (secondary N) is 1. The molecule has 0 aliphatic carbocycles. The number of nitrogens with zero attached hydrogens (tertiary/aromatic N) is 1. The molecule has 4 heteroatoms. The Morgan fingerprint density at radius 2 is 2.05 bits per heavy atom. The van der Waals surface area contributed by atoms with Crippen LogP contribution in [0.3, 0.4) is 0 Å². The predicted molar refractivity (Wildman–Crippen MR) is 76.3 cm³/mol. The lowest BCUT2D eigenvalue weighted by atomic mass is 10.1. The zero-order valence-corrected chi connectivity index (χ0v) is 12.5. The van der Waals surface area contributed by atoms with Crippen molar-refractivity contribution >= 4 is 6.09 Å². The van der Waals surface area contributed by atoms with Gasteiger partial charge in [-0.05, 0) is 58.2 Å². The lowest BCUT2D eigenvalue weighted by Gasteiger charge is -2.19. The van der Waals surface area contributed by atoms with Crippen molar-refractivity contribution < 1.29 is 9.53 Å². The van der Waals surface area contributed by atoms with Gasteiger partial charge in [-0.15, -0.1) is 0 Å². The SMILES string of the molecule is CCc1cc(CCNC(=O)OC(C)(C)C)cc(C)n1. The largest absolute Gasteiger partial charge is 0.444 e. The van der Waals surface area contributed by atoms with E-state index in [0.717, 1.165) is 24.2 Å². The van der Waals surface area contributed by atoms with Crippen LogP contribution in [0.15, 0.2) is 12.1 Å². The van der Waals surface area contributed by atoms with E-state index in [9.17, 15) is 4.79 Å². The summed E-state index contributed by atoms with van der Waals surface area (Å²) in [5.74, 6) is 0. The molecule has 0 fully saturated rings. The van der Waals surface area contributed by atoms with E-state index in [-0.39, 0.29) is 6.09 Å². The molecule has 19 heavy (non-hydrogen) atoms. The fourth-order valence-corrected chi connectivity index (χ4v) is 1.76. The highest BCUT2D eigenvalue weighted by molar-refractivity contribution is 5.67. The van der Waals surface area contributed by atoms with Gasteiger partial charge in [0.1, 0.15) is 5.60 Å². The molecule has 1 N–H and O–H groups in total. The normalized spacial score (nSPS) is 11.2. The van der Waals surface area contributed by atoms with E-state index < -0.39 is 5.60 Å². The Balaban J connectivity index is 2.45. The molecule has 1 aromatic rings. The number of carbonyl (C=O) groups is 1. The first-order valence-corrected chi connectivity index (χ1v) is 6.73. The lowest BCUT2D eigenvalue weighted by molar-refractivity contribution is 0.0528. The van der Waals surface area contributed by atoms with Gasteiger partial charge in [-0.1, -0.05) is 6.92 Å². The number of aromatic nitrogens is 1. The zero-order valence-electron chi connectivity index (χ0n) is 12.5. The molecule has 0 radical (unpaired) electrons. The molecule has 0 spiro atoms. The van der Waals surface area contributed by atoms with Gasteiger partial charge >= 0.3 is 6.09 Å². The molecule has 0 atom stereocenters. The summed E-state index contributed by atoms with van der Waals surface area (Å²) in [6.45, 7) is 10.2. The summed E-state index contributed by atoms with van der Waals surface area (Å²) < 4.78 is 5.18. The van der Waals surface area contributed by atoms with Crippen molar-refractivity contribution in [3.8, 4) is 0 Å². The van der Waals surface area contributed by atoms with Crippen LogP contribution in [-0.4, -0.2) is 23.2 Å². The van der Waals surface area contributed by atoms with Crippen molar-refractivity contribution in [2.45, 2.75) is 53.1 Å². The first-order chi connectivity index (χ1) is 8.80. The number of ether oxygens (including phenoxy) is 1. The van der Waals surface area contributed by atoms with Crippen LogP contribution >= 0.6 is 0 Å². The second-order valence-electron chi connectivity index (χ2n) is 5.64. The molecule has 0 bridgehead atoms. The monoisotopic (exact) mass is 264 g/mol. The Hall–Kier alpha value is -1.58. The summed E-state index contributed by atoms with van der Waals surface area (Å²) in [5.41, 5.74) is 2.85. The third-order valence-corrected chi connectivity index (χ3v) is 2.51. The van der Waals surface area contributed by atoms with Gasteiger partial charge in [-0.3, -0.25) is 4.98 Å². The number of rotatable bonds is 4. The highest BCUT2D eigenvalue weighted by Crippen LogP contribution is 2.08. The maximum absolute atomic E-state index is 11.5. The lowest BCUT2D eigenvalue weighted by Crippen LogP contribution is -2.33. The van der Waals surface area contributed by atoms with E-state index in [1.54, 1.807) is 0 Å². The second-order valence-corrected chi connectivity index (χ2v) is 5.64. The maximum Gasteiger partial charge on any atom is 0.407 e. The molecular weight excluding hydrogens is 240 g/mol. The van der Waals surface area contributed by atoms with Gasteiger partial charge in [0.2, 0.25) is 0 Å². The molecular formula is C15H24N2O2. The maximum atomic E-state index is 11.5. The summed E-state index contributed by atoms with van der Waals surface area (Å²) in [4.78, 5) is 15.9. The quantitative estimate of drug-likeness (QED) is 0.909. The molecule has 0 saturated carbocycles. The van der Waals surface area contributed by atoms with Crippen molar-refractivity contribution in [1.29, 1.82) is 0 Å². The number of carbonyl (C=O) groups excluding carboxylic acids is 1. The number of aryl methyl sites for hydroxylation is 2. The second kappa shape index (κ2) is 6.55. The van der Waals surface area contributed by atoms with Crippen LogP contribution in [0.1, 0.15) is 44.6 Å². The molecule has 0 aromatic carbocycles. The summed E-state index contributed by atoms with van der Waals surface area (Å²) in [6, 6.07) is 4.14. The fourth-order valence-electron chi connectivity index (χ4n) is 1.76. The van der Waals surface area contributed by atoms with Crippen LogP contribution in [0.4, 0.5) is 4.79 Å². The minimum absolute atomic E-state index is 0.367. The van der Waals surface area contributed by atoms with Crippen LogP contribution in [0.5, 0.6) is 0 Å². The minimum Gasteiger partial charge on any atom is -0.444 e. The molecule has 0 unspecified atom stereocenters. The standard InChI is InChI=1S/C15H24N2O2/c1-6-13-10-12(9-11(2)17-13)7-8-16-14(18)19-15(3,4)5/h9-10H,6-8H2,1-5H3,(H,16,18). The van der Waals surface area contributed by atoms with E-state index in [2.05, 4.69) is 29.4 Å². The number of alkyl carbamates (subject to hydrolysis) is 1. The van der Waals surface area contributed by atoms with E-state index >= 15 is 0 Å². The topological polar surface area (TPSA) is 51.2 Å². The van der Waals surface area contributed by atoms with Crippen molar-refractivity contribution in [3.05, 3.63) is 29.1 Å². The van der Waals surface area contributed by atoms with Gasteiger partial charge in [0.05, 0.1) is 0 Å². The van der Waals surface area contributed by atoms with E-state index in [0.29, 0.717) is 6.54 Å². The Bertz CT molecular complexity index is 436. The van der Waals surface area contributed by atoms with E-state index in [1.807, 2.05) is 27.7 Å². The van der Waals surface area contributed by atoms with Crippen molar-refractivity contribution in [2.75, 3.05) is 6.54 Å². The van der Waals surface area contributed by atoms with E-state index in [1.165, 1.54) is 5.56 Å². The van der Waals surface area contributed by atoms with Crippen LogP contribution in [-0.2, 0) is 17.6 Å². The minimum atomic E-state index is -0.452. The Kier molecular flexibility index (Phi) is 5.33. The average Bonchev–Trinajstić information content (AvgIpc) is 2.25. The van der Waals surface area contributed by atoms with Gasteiger partial charge in [0.25, 0.3) is 0 Å². The smallest absolute Gasteiger partial charge is 0.407 e. The summed E-state index contributed by atoms with van der Waals surface area (Å²) in [5, 5.41) is 2.76. The predicted octanol–water partition coefficient (Wildman–Crippen LogP) is 3.02. The number of amides is 1. The molecule has 0 aliphatic heterocycles. The molecule has 1 amide bonds. The molecule has 0 aliphatic rings. The molecule has 1 rings (SSSR count). The average molecular weight is 264 g/mol. The third-order valence-electron chi connectivity index (χ3n) is 2.51. The third kappa shape index (κ3) is 6.22. The first kappa shape index (κ1) is 15.5. The molecule has 106 valence electrons. The molecule has 1 heterocycles. The Morgan fingerprint density at radius 3 is 2.63 bits per heavy atom. The number of hydrogen-bond donors (Lipinski definition) is 1. The number of pyridine rings is 1. The van der Waals surface area contributed by atoms with Gasteiger partial charge in [-0.2, -0.15) is 0 Å². The Labute approximate surface area is 115 Å². The molecule has 4 nitrogen and oxygen atoms in total. The van der Waals surface area contributed by atoms with Crippen molar-refractivity contribution in [3.63, 3.8) is 0 Å². The molecule has 0 saturated heterocycles. The van der Waals surface area contributed by atoms with Crippen LogP contribution in [0.2, 0.25) is 0 Å². The van der Waals surface area contributed by atoms with Crippen molar-refractivity contribution in [2.24, 2.45) is 0 Å². The highest BCUT2D eigenvalue weighted by atomic mass is 16.6. The summed E-state index contributed by atoms with van der Waals surface area (Å²) in [7, 11) is 0. The summed E-state index contributed by atoms with van der Waals surface area (Å²) in [6.07, 6.45) is 1.35. The van der Waals surface area contributed by atoms with Gasteiger partial charge in [-0.25, -0.2) is 4.79 Å².